The van der Waals surface area contributed by atoms with Crippen molar-refractivity contribution in [2.24, 2.45) is 0 Å². The molecule has 0 saturated carbocycles. The van der Waals surface area contributed by atoms with Crippen molar-refractivity contribution < 1.29 is 28.7 Å². The molecule has 0 aliphatic carbocycles. The Hall–Kier alpha value is -1.73. The molecule has 7 heteroatoms. The van der Waals surface area contributed by atoms with Crippen molar-refractivity contribution >= 4 is 13.1 Å². The number of ether oxygens (including phenoxy) is 2. The van der Waals surface area contributed by atoms with Crippen LogP contribution in [0.5, 0.6) is 11.5 Å². The van der Waals surface area contributed by atoms with Gasteiger partial charge in [-0.2, -0.15) is 0 Å². The Balaban J connectivity index is 2.38. The Morgan fingerprint density at radius 2 is 1.67 bits per heavy atom. The van der Waals surface area contributed by atoms with E-state index in [1.165, 1.54) is 0 Å². The van der Waals surface area contributed by atoms with Crippen LogP contribution in [0.15, 0.2) is 18.2 Å². The van der Waals surface area contributed by atoms with Crippen LogP contribution in [0.3, 0.4) is 0 Å². The molecule has 1 N–H and O–H groups in total. The Morgan fingerprint density at radius 1 is 1.12 bits per heavy atom. The number of methoxy groups -OCH3 is 2. The van der Waals surface area contributed by atoms with Gasteiger partial charge in [0.2, 0.25) is 0 Å². The predicted molar refractivity (Wildman–Crippen MR) is 90.6 cm³/mol. The number of hydrogen-bond acceptors (Lipinski definition) is 5. The summed E-state index contributed by atoms with van der Waals surface area (Å²) in [6.45, 7) is 7.78. The molecule has 1 aliphatic rings. The molecule has 0 bridgehead atoms. The summed E-state index contributed by atoms with van der Waals surface area (Å²) in [6, 6.07) is 5.35. The van der Waals surface area contributed by atoms with E-state index in [-0.39, 0.29) is 6.42 Å². The van der Waals surface area contributed by atoms with Gasteiger partial charge in [0.1, 0.15) is 0 Å². The first-order chi connectivity index (χ1) is 11.1. The lowest BCUT2D eigenvalue weighted by atomic mass is 9.66. The number of carbonyl (C=O) groups is 1. The van der Waals surface area contributed by atoms with Gasteiger partial charge in [0, 0.05) is 5.82 Å². The largest absolute Gasteiger partial charge is 0.493 e. The van der Waals surface area contributed by atoms with Crippen LogP contribution in [0.2, 0.25) is 0 Å². The van der Waals surface area contributed by atoms with Crippen molar-refractivity contribution in [3.05, 3.63) is 23.8 Å². The number of carboxylic acid groups (broad SMARTS) is 1. The molecule has 1 saturated heterocycles. The SMILES string of the molecule is COc1ccc(C(CC(=O)O)B2OC(C)(C)C(C)(C)O2)cc1OC. The van der Waals surface area contributed by atoms with E-state index in [1.807, 2.05) is 33.8 Å². The molecule has 1 heterocycles. The van der Waals surface area contributed by atoms with Gasteiger partial charge < -0.3 is 23.9 Å². The number of carboxylic acids is 1. The van der Waals surface area contributed by atoms with E-state index in [1.54, 1.807) is 26.4 Å². The van der Waals surface area contributed by atoms with E-state index in [4.69, 9.17) is 18.8 Å². The molecule has 1 fully saturated rings. The maximum absolute atomic E-state index is 11.4. The van der Waals surface area contributed by atoms with Crippen molar-refractivity contribution in [3.63, 3.8) is 0 Å². The summed E-state index contributed by atoms with van der Waals surface area (Å²) in [5.41, 5.74) is -0.274. The van der Waals surface area contributed by atoms with E-state index in [9.17, 15) is 9.90 Å². The Kier molecular flexibility index (Phi) is 5.15. The zero-order chi connectivity index (χ0) is 18.1. The van der Waals surface area contributed by atoms with E-state index < -0.39 is 30.1 Å². The van der Waals surface area contributed by atoms with Crippen molar-refractivity contribution in [1.29, 1.82) is 0 Å². The highest BCUT2D eigenvalue weighted by Crippen LogP contribution is 2.42. The summed E-state index contributed by atoms with van der Waals surface area (Å²) in [5, 5.41) is 9.33. The highest BCUT2D eigenvalue weighted by molar-refractivity contribution is 6.48. The Labute approximate surface area is 143 Å². The summed E-state index contributed by atoms with van der Waals surface area (Å²) < 4.78 is 22.7. The number of aliphatic carboxylic acids is 1. The molecule has 1 aromatic carbocycles. The third kappa shape index (κ3) is 3.52. The average molecular weight is 336 g/mol. The minimum Gasteiger partial charge on any atom is -0.493 e. The van der Waals surface area contributed by atoms with Crippen LogP contribution in [-0.2, 0) is 14.1 Å². The second-order valence-corrected chi connectivity index (χ2v) is 6.94. The lowest BCUT2D eigenvalue weighted by Crippen LogP contribution is -2.41. The molecular formula is C17H25BO6. The minimum absolute atomic E-state index is 0.105. The lowest BCUT2D eigenvalue weighted by molar-refractivity contribution is -0.137. The maximum Gasteiger partial charge on any atom is 0.466 e. The zero-order valence-corrected chi connectivity index (χ0v) is 15.1. The molecule has 1 unspecified atom stereocenters. The lowest BCUT2D eigenvalue weighted by Gasteiger charge is -2.32. The van der Waals surface area contributed by atoms with Crippen LogP contribution in [0, 0.1) is 0 Å². The molecule has 0 amide bonds. The third-order valence-electron chi connectivity index (χ3n) is 4.83. The maximum atomic E-state index is 11.4. The quantitative estimate of drug-likeness (QED) is 0.805. The van der Waals surface area contributed by atoms with Gasteiger partial charge in [0.25, 0.3) is 0 Å². The van der Waals surface area contributed by atoms with Gasteiger partial charge in [-0.1, -0.05) is 6.07 Å². The first-order valence-electron chi connectivity index (χ1n) is 7.90. The molecule has 1 aromatic rings. The first kappa shape index (κ1) is 18.6. The Bertz CT molecular complexity index is 597. The van der Waals surface area contributed by atoms with Gasteiger partial charge in [0.15, 0.2) is 11.5 Å². The fraction of sp³-hybridized carbons (Fsp3) is 0.588. The molecule has 0 radical (unpaired) electrons. The van der Waals surface area contributed by atoms with Crippen molar-refractivity contribution in [1.82, 2.24) is 0 Å². The molecule has 2 rings (SSSR count). The monoisotopic (exact) mass is 336 g/mol. The van der Waals surface area contributed by atoms with Crippen molar-refractivity contribution in [2.45, 2.75) is 51.1 Å². The van der Waals surface area contributed by atoms with E-state index in [2.05, 4.69) is 0 Å². The smallest absolute Gasteiger partial charge is 0.466 e. The molecule has 1 atom stereocenters. The molecule has 24 heavy (non-hydrogen) atoms. The van der Waals surface area contributed by atoms with Crippen LogP contribution in [0.1, 0.15) is 45.5 Å². The molecule has 1 aliphatic heterocycles. The standard InChI is InChI=1S/C17H25BO6/c1-16(2)17(3,4)24-18(23-16)12(10-15(19)20)11-7-8-13(21-5)14(9-11)22-6/h7-9,12H,10H2,1-6H3,(H,19,20). The minimum atomic E-state index is -0.913. The normalized spacial score (nSPS) is 19.8. The fourth-order valence-corrected chi connectivity index (χ4v) is 2.70. The second kappa shape index (κ2) is 6.65. The van der Waals surface area contributed by atoms with Crippen molar-refractivity contribution in [3.8, 4) is 11.5 Å². The topological polar surface area (TPSA) is 74.2 Å². The summed E-state index contributed by atoms with van der Waals surface area (Å²) in [6.07, 6.45) is -0.105. The van der Waals surface area contributed by atoms with Gasteiger partial charge in [-0.25, -0.2) is 0 Å². The predicted octanol–water partition coefficient (Wildman–Crippen LogP) is 2.89. The van der Waals surface area contributed by atoms with Crippen LogP contribution in [-0.4, -0.2) is 43.6 Å². The first-order valence-corrected chi connectivity index (χ1v) is 7.90. The molecule has 132 valence electrons. The van der Waals surface area contributed by atoms with E-state index in [0.717, 1.165) is 5.56 Å². The summed E-state index contributed by atoms with van der Waals surface area (Å²) in [4.78, 5) is 11.4. The molecular weight excluding hydrogens is 311 g/mol. The van der Waals surface area contributed by atoms with Crippen LogP contribution in [0.4, 0.5) is 0 Å². The van der Waals surface area contributed by atoms with Gasteiger partial charge in [-0.3, -0.25) is 4.79 Å². The summed E-state index contributed by atoms with van der Waals surface area (Å²) >= 11 is 0. The van der Waals surface area contributed by atoms with Gasteiger partial charge in [0.05, 0.1) is 31.8 Å². The number of hydrogen-bond donors (Lipinski definition) is 1. The highest BCUT2D eigenvalue weighted by atomic mass is 16.7. The van der Waals surface area contributed by atoms with Gasteiger partial charge in [-0.15, -0.1) is 0 Å². The van der Waals surface area contributed by atoms with E-state index in [0.29, 0.717) is 11.5 Å². The fourth-order valence-electron chi connectivity index (χ4n) is 2.70. The average Bonchev–Trinajstić information content (AvgIpc) is 2.72. The number of rotatable bonds is 6. The van der Waals surface area contributed by atoms with Gasteiger partial charge in [-0.05, 0) is 45.4 Å². The van der Waals surface area contributed by atoms with Crippen LogP contribution >= 0.6 is 0 Å². The zero-order valence-electron chi connectivity index (χ0n) is 15.1. The van der Waals surface area contributed by atoms with Crippen LogP contribution < -0.4 is 9.47 Å². The second-order valence-electron chi connectivity index (χ2n) is 6.94. The molecule has 0 aromatic heterocycles. The van der Waals surface area contributed by atoms with E-state index >= 15 is 0 Å². The summed E-state index contributed by atoms with van der Waals surface area (Å²) in [7, 11) is 2.45. The van der Waals surface area contributed by atoms with Crippen LogP contribution in [0.25, 0.3) is 0 Å². The third-order valence-corrected chi connectivity index (χ3v) is 4.83. The highest BCUT2D eigenvalue weighted by Gasteiger charge is 2.54. The summed E-state index contributed by atoms with van der Waals surface area (Å²) in [5.74, 6) is -0.237. The number of benzene rings is 1. The molecule has 0 spiro atoms. The molecule has 6 nitrogen and oxygen atoms in total. The van der Waals surface area contributed by atoms with Crippen molar-refractivity contribution in [2.75, 3.05) is 14.2 Å². The Morgan fingerprint density at radius 3 is 2.12 bits per heavy atom. The van der Waals surface area contributed by atoms with Gasteiger partial charge >= 0.3 is 13.1 Å².